The van der Waals surface area contributed by atoms with E-state index in [-0.39, 0.29) is 0 Å². The largest absolute Gasteiger partial charge is 0.0587 e. The van der Waals surface area contributed by atoms with Crippen LogP contribution >= 0.6 is 0 Å². The molecule has 126 valence electrons. The van der Waals surface area contributed by atoms with Gasteiger partial charge in [-0.25, -0.2) is 0 Å². The molecule has 0 aliphatic heterocycles. The van der Waals surface area contributed by atoms with E-state index in [1.165, 1.54) is 67.2 Å². The molecule has 24 heavy (non-hydrogen) atoms. The van der Waals surface area contributed by atoms with Gasteiger partial charge >= 0.3 is 0 Å². The van der Waals surface area contributed by atoms with Gasteiger partial charge in [-0.2, -0.15) is 0 Å². The average Bonchev–Trinajstić information content (AvgIpc) is 2.95. The maximum absolute atomic E-state index is 2.38. The number of aryl methyl sites for hydroxylation is 1. The summed E-state index contributed by atoms with van der Waals surface area (Å²) in [6.45, 7) is 9.25. The molecular weight excluding hydrogens is 288 g/mol. The number of fused-ring (bicyclic) bond motifs is 1. The van der Waals surface area contributed by atoms with E-state index in [1.54, 1.807) is 22.3 Å². The Labute approximate surface area is 147 Å². The molecule has 0 unspecified atom stereocenters. The third kappa shape index (κ3) is 2.42. The molecule has 2 aromatic carbocycles. The predicted octanol–water partition coefficient (Wildman–Crippen LogP) is 6.64. The minimum atomic E-state index is 0.592. The van der Waals surface area contributed by atoms with Crippen molar-refractivity contribution in [3.63, 3.8) is 0 Å². The van der Waals surface area contributed by atoms with Gasteiger partial charge in [0.05, 0.1) is 0 Å². The van der Waals surface area contributed by atoms with E-state index in [9.17, 15) is 0 Å². The number of rotatable bonds is 1. The second-order valence-electron chi connectivity index (χ2n) is 8.49. The first-order chi connectivity index (χ1) is 11.5. The van der Waals surface area contributed by atoms with Crippen molar-refractivity contribution < 1.29 is 0 Å². The fourth-order valence-corrected chi connectivity index (χ4v) is 5.40. The van der Waals surface area contributed by atoms with Gasteiger partial charge in [0.25, 0.3) is 0 Å². The number of hydrogen-bond donors (Lipinski definition) is 0. The van der Waals surface area contributed by atoms with E-state index < -0.39 is 0 Å². The van der Waals surface area contributed by atoms with E-state index in [0.29, 0.717) is 5.41 Å². The van der Waals surface area contributed by atoms with Crippen LogP contribution in [0.4, 0.5) is 0 Å². The summed E-state index contributed by atoms with van der Waals surface area (Å²) in [7, 11) is 0. The van der Waals surface area contributed by atoms with Gasteiger partial charge in [-0.1, -0.05) is 49.1 Å². The van der Waals surface area contributed by atoms with Crippen LogP contribution in [0.5, 0.6) is 0 Å². The number of benzene rings is 2. The van der Waals surface area contributed by atoms with Crippen molar-refractivity contribution in [1.29, 1.82) is 0 Å². The van der Waals surface area contributed by atoms with Gasteiger partial charge in [0.2, 0.25) is 0 Å². The Bertz CT molecular complexity index is 771. The molecule has 0 amide bonds. The van der Waals surface area contributed by atoms with Crippen molar-refractivity contribution in [3.05, 3.63) is 57.6 Å². The molecule has 0 bridgehead atoms. The first kappa shape index (κ1) is 15.9. The molecule has 1 fully saturated rings. The minimum absolute atomic E-state index is 0.592. The Morgan fingerprint density at radius 2 is 1.25 bits per heavy atom. The molecule has 2 aliphatic rings. The molecule has 0 N–H and O–H groups in total. The van der Waals surface area contributed by atoms with Crippen molar-refractivity contribution >= 4 is 0 Å². The second-order valence-corrected chi connectivity index (χ2v) is 8.49. The highest BCUT2D eigenvalue weighted by atomic mass is 14.4. The van der Waals surface area contributed by atoms with Gasteiger partial charge in [-0.05, 0) is 97.7 Å². The third-order valence-electron chi connectivity index (χ3n) is 6.94. The smallest absolute Gasteiger partial charge is 0.0120 e. The fourth-order valence-electron chi connectivity index (χ4n) is 5.40. The summed E-state index contributed by atoms with van der Waals surface area (Å²) in [5.74, 6) is 0. The lowest BCUT2D eigenvalue weighted by molar-refractivity contribution is 0.202. The average molecular weight is 319 g/mol. The first-order valence-corrected chi connectivity index (χ1v) is 9.69. The van der Waals surface area contributed by atoms with Gasteiger partial charge in [0.15, 0.2) is 0 Å². The van der Waals surface area contributed by atoms with Crippen LogP contribution in [0.25, 0.3) is 11.1 Å². The Morgan fingerprint density at radius 3 is 1.88 bits per heavy atom. The van der Waals surface area contributed by atoms with Crippen LogP contribution in [-0.2, 0) is 12.8 Å². The first-order valence-electron chi connectivity index (χ1n) is 9.69. The van der Waals surface area contributed by atoms with E-state index in [0.717, 1.165) is 0 Å². The molecule has 0 saturated heterocycles. The lowest BCUT2D eigenvalue weighted by Gasteiger charge is -2.33. The predicted molar refractivity (Wildman–Crippen MR) is 104 cm³/mol. The third-order valence-corrected chi connectivity index (χ3v) is 6.94. The van der Waals surface area contributed by atoms with Crippen LogP contribution in [0.3, 0.4) is 0 Å². The lowest BCUT2D eigenvalue weighted by atomic mass is 9.72. The van der Waals surface area contributed by atoms with Crippen LogP contribution in [0, 0.1) is 33.1 Å². The van der Waals surface area contributed by atoms with Gasteiger partial charge in [0, 0.05) is 0 Å². The molecule has 1 saturated carbocycles. The van der Waals surface area contributed by atoms with E-state index in [2.05, 4.69) is 52.0 Å². The van der Waals surface area contributed by atoms with E-state index in [4.69, 9.17) is 0 Å². The molecule has 4 rings (SSSR count). The lowest BCUT2D eigenvalue weighted by Crippen LogP contribution is -2.24. The van der Waals surface area contributed by atoms with Gasteiger partial charge in [-0.3, -0.25) is 0 Å². The Balaban J connectivity index is 1.84. The van der Waals surface area contributed by atoms with Crippen LogP contribution < -0.4 is 0 Å². The van der Waals surface area contributed by atoms with Gasteiger partial charge in [0.1, 0.15) is 0 Å². The van der Waals surface area contributed by atoms with Crippen molar-refractivity contribution in [3.8, 4) is 11.1 Å². The summed E-state index contributed by atoms with van der Waals surface area (Å²) >= 11 is 0. The standard InChI is InChI=1S/C24H30/c1-16-8-10-20(11-9-16)23-18(3)17(2)21-14-24(12-6-5-7-13-24)15-22(21)19(23)4/h8-11H,5-7,12-15H2,1-4H3. The summed E-state index contributed by atoms with van der Waals surface area (Å²) < 4.78 is 0. The highest BCUT2D eigenvalue weighted by Crippen LogP contribution is 2.51. The van der Waals surface area contributed by atoms with E-state index >= 15 is 0 Å². The zero-order chi connectivity index (χ0) is 16.9. The molecule has 0 atom stereocenters. The highest BCUT2D eigenvalue weighted by Gasteiger charge is 2.40. The van der Waals surface area contributed by atoms with Crippen molar-refractivity contribution in [2.45, 2.75) is 72.6 Å². The van der Waals surface area contributed by atoms with Crippen molar-refractivity contribution in [2.24, 2.45) is 5.41 Å². The fraction of sp³-hybridized carbons (Fsp3) is 0.500. The SMILES string of the molecule is Cc1ccc(-c2c(C)c(C)c3c(c2C)CC2(CCCCC2)C3)cc1. The molecule has 0 heteroatoms. The second kappa shape index (κ2) is 5.76. The molecule has 2 aliphatic carbocycles. The Morgan fingerprint density at radius 1 is 0.667 bits per heavy atom. The molecule has 0 nitrogen and oxygen atoms in total. The summed E-state index contributed by atoms with van der Waals surface area (Å²) in [5.41, 5.74) is 12.8. The van der Waals surface area contributed by atoms with Crippen molar-refractivity contribution in [2.75, 3.05) is 0 Å². The molecular formula is C24H30. The molecule has 0 heterocycles. The Hall–Kier alpha value is -1.56. The van der Waals surface area contributed by atoms with Crippen LogP contribution in [0.1, 0.15) is 65.5 Å². The summed E-state index contributed by atoms with van der Waals surface area (Å²) in [6, 6.07) is 9.11. The molecule has 0 radical (unpaired) electrons. The topological polar surface area (TPSA) is 0 Å². The summed E-state index contributed by atoms with van der Waals surface area (Å²) in [5, 5.41) is 0. The quantitative estimate of drug-likeness (QED) is 0.553. The minimum Gasteiger partial charge on any atom is -0.0587 e. The zero-order valence-electron chi connectivity index (χ0n) is 15.8. The number of hydrogen-bond acceptors (Lipinski definition) is 0. The highest BCUT2D eigenvalue weighted by molar-refractivity contribution is 5.75. The summed E-state index contributed by atoms with van der Waals surface area (Å²) in [6.07, 6.45) is 9.88. The van der Waals surface area contributed by atoms with E-state index in [1.807, 2.05) is 0 Å². The van der Waals surface area contributed by atoms with Gasteiger partial charge < -0.3 is 0 Å². The monoisotopic (exact) mass is 318 g/mol. The Kier molecular flexibility index (Phi) is 3.82. The molecule has 2 aromatic rings. The zero-order valence-corrected chi connectivity index (χ0v) is 15.8. The normalized spacial score (nSPS) is 18.8. The maximum atomic E-state index is 2.38. The van der Waals surface area contributed by atoms with Crippen LogP contribution in [0.2, 0.25) is 0 Å². The van der Waals surface area contributed by atoms with Crippen molar-refractivity contribution in [1.82, 2.24) is 0 Å². The summed E-state index contributed by atoms with van der Waals surface area (Å²) in [4.78, 5) is 0. The van der Waals surface area contributed by atoms with Gasteiger partial charge in [-0.15, -0.1) is 0 Å². The van der Waals surface area contributed by atoms with Crippen LogP contribution in [0.15, 0.2) is 24.3 Å². The molecule has 0 aromatic heterocycles. The van der Waals surface area contributed by atoms with Crippen LogP contribution in [-0.4, -0.2) is 0 Å². The molecule has 1 spiro atoms. The maximum Gasteiger partial charge on any atom is -0.0120 e.